The van der Waals surface area contributed by atoms with E-state index in [9.17, 15) is 9.59 Å². The Morgan fingerprint density at radius 2 is 1.96 bits per heavy atom. The number of benzene rings is 2. The molecule has 2 aromatic carbocycles. The first-order chi connectivity index (χ1) is 13.1. The highest BCUT2D eigenvalue weighted by Crippen LogP contribution is 2.19. The van der Waals surface area contributed by atoms with Crippen molar-refractivity contribution < 1.29 is 14.3 Å². The van der Waals surface area contributed by atoms with Gasteiger partial charge in [0, 0.05) is 31.6 Å². The second-order valence-electron chi connectivity index (χ2n) is 6.12. The first-order valence-corrected chi connectivity index (χ1v) is 8.69. The van der Waals surface area contributed by atoms with Crippen molar-refractivity contribution in [2.24, 2.45) is 0 Å². The highest BCUT2D eigenvalue weighted by molar-refractivity contribution is 5.92. The highest BCUT2D eigenvalue weighted by atomic mass is 16.5. The molecule has 0 aliphatic rings. The molecule has 0 fully saturated rings. The van der Waals surface area contributed by atoms with E-state index in [2.05, 4.69) is 15.6 Å². The Morgan fingerprint density at radius 3 is 2.74 bits per heavy atom. The van der Waals surface area contributed by atoms with E-state index < -0.39 is 0 Å². The fourth-order valence-electron chi connectivity index (χ4n) is 2.89. The van der Waals surface area contributed by atoms with Crippen LogP contribution in [0.1, 0.15) is 12.7 Å². The Kier molecular flexibility index (Phi) is 5.71. The quantitative estimate of drug-likeness (QED) is 0.672. The van der Waals surface area contributed by atoms with Crippen LogP contribution in [0.4, 0.5) is 5.69 Å². The molecule has 2 amide bonds. The minimum Gasteiger partial charge on any atom is -0.497 e. The zero-order valence-electron chi connectivity index (χ0n) is 15.4. The molecule has 7 heteroatoms. The van der Waals surface area contributed by atoms with Crippen LogP contribution < -0.4 is 15.4 Å². The Morgan fingerprint density at radius 1 is 1.15 bits per heavy atom. The molecule has 0 unspecified atom stereocenters. The van der Waals surface area contributed by atoms with E-state index in [4.69, 9.17) is 4.74 Å². The second kappa shape index (κ2) is 8.35. The van der Waals surface area contributed by atoms with Crippen LogP contribution in [0.2, 0.25) is 0 Å². The summed E-state index contributed by atoms with van der Waals surface area (Å²) in [6, 6.07) is 14.9. The molecule has 0 saturated heterocycles. The number of carbonyl (C=O) groups is 2. The van der Waals surface area contributed by atoms with Gasteiger partial charge in [0.05, 0.1) is 18.1 Å². The van der Waals surface area contributed by atoms with Gasteiger partial charge in [-0.05, 0) is 24.3 Å². The van der Waals surface area contributed by atoms with Crippen molar-refractivity contribution in [3.8, 4) is 5.75 Å². The molecule has 0 saturated carbocycles. The third-order valence-electron chi connectivity index (χ3n) is 4.11. The molecular formula is C20H22N4O3. The summed E-state index contributed by atoms with van der Waals surface area (Å²) >= 11 is 0. The predicted molar refractivity (Wildman–Crippen MR) is 104 cm³/mol. The molecule has 0 atom stereocenters. The molecular weight excluding hydrogens is 344 g/mol. The summed E-state index contributed by atoms with van der Waals surface area (Å²) in [6.07, 6.45) is 0.542. The Labute approximate surface area is 157 Å². The monoisotopic (exact) mass is 366 g/mol. The highest BCUT2D eigenvalue weighted by Gasteiger charge is 2.14. The van der Waals surface area contributed by atoms with Crippen LogP contribution in [0.5, 0.6) is 5.75 Å². The number of hydrogen-bond acceptors (Lipinski definition) is 4. The SMILES string of the molecule is COc1cccc(NC(=O)Cn2c(CCNC(C)=O)nc3ccccc32)c1. The first-order valence-electron chi connectivity index (χ1n) is 8.69. The summed E-state index contributed by atoms with van der Waals surface area (Å²) in [5.74, 6) is 1.18. The number of para-hydroxylation sites is 2. The fraction of sp³-hybridized carbons (Fsp3) is 0.250. The molecule has 0 spiro atoms. The standard InChI is InChI=1S/C20H22N4O3/c1-14(25)21-11-10-19-23-17-8-3-4-9-18(17)24(19)13-20(26)22-15-6-5-7-16(12-15)27-2/h3-9,12H,10-11,13H2,1-2H3,(H,21,25)(H,22,26). The third kappa shape index (κ3) is 4.63. The Balaban J connectivity index is 1.79. The maximum atomic E-state index is 12.6. The molecule has 3 aromatic rings. The summed E-state index contributed by atoms with van der Waals surface area (Å²) in [4.78, 5) is 28.3. The largest absolute Gasteiger partial charge is 0.497 e. The summed E-state index contributed by atoms with van der Waals surface area (Å²) < 4.78 is 7.06. The number of amides is 2. The second-order valence-corrected chi connectivity index (χ2v) is 6.12. The van der Waals surface area contributed by atoms with Crippen LogP contribution in [-0.2, 0) is 22.6 Å². The average molecular weight is 366 g/mol. The molecule has 0 aliphatic heterocycles. The Hall–Kier alpha value is -3.35. The number of nitrogens with zero attached hydrogens (tertiary/aromatic N) is 2. The van der Waals surface area contributed by atoms with Crippen molar-refractivity contribution in [1.82, 2.24) is 14.9 Å². The maximum Gasteiger partial charge on any atom is 0.244 e. The van der Waals surface area contributed by atoms with Gasteiger partial charge < -0.3 is 19.9 Å². The number of nitrogens with one attached hydrogen (secondary N) is 2. The van der Waals surface area contributed by atoms with E-state index in [-0.39, 0.29) is 18.4 Å². The van der Waals surface area contributed by atoms with Gasteiger partial charge in [0.1, 0.15) is 18.1 Å². The maximum absolute atomic E-state index is 12.6. The number of imidazole rings is 1. The van der Waals surface area contributed by atoms with E-state index in [1.165, 1.54) is 6.92 Å². The minimum absolute atomic E-state index is 0.0894. The molecule has 1 aromatic heterocycles. The number of ether oxygens (including phenoxy) is 1. The van der Waals surface area contributed by atoms with Crippen molar-refractivity contribution in [2.75, 3.05) is 19.0 Å². The van der Waals surface area contributed by atoms with Gasteiger partial charge in [0.15, 0.2) is 0 Å². The van der Waals surface area contributed by atoms with Crippen molar-refractivity contribution in [2.45, 2.75) is 19.9 Å². The summed E-state index contributed by atoms with van der Waals surface area (Å²) in [5.41, 5.74) is 2.38. The lowest BCUT2D eigenvalue weighted by Gasteiger charge is -2.11. The third-order valence-corrected chi connectivity index (χ3v) is 4.11. The van der Waals surface area contributed by atoms with Crippen molar-refractivity contribution in [3.05, 3.63) is 54.4 Å². The lowest BCUT2D eigenvalue weighted by molar-refractivity contribution is -0.119. The predicted octanol–water partition coefficient (Wildman–Crippen LogP) is 2.36. The first kappa shape index (κ1) is 18.4. The molecule has 27 heavy (non-hydrogen) atoms. The van der Waals surface area contributed by atoms with Crippen molar-refractivity contribution in [3.63, 3.8) is 0 Å². The van der Waals surface area contributed by atoms with E-state index >= 15 is 0 Å². The van der Waals surface area contributed by atoms with Crippen molar-refractivity contribution in [1.29, 1.82) is 0 Å². The number of hydrogen-bond donors (Lipinski definition) is 2. The van der Waals surface area contributed by atoms with Crippen LogP contribution in [-0.4, -0.2) is 35.0 Å². The van der Waals surface area contributed by atoms with Crippen LogP contribution in [0.25, 0.3) is 11.0 Å². The summed E-state index contributed by atoms with van der Waals surface area (Å²) in [6.45, 7) is 2.08. The van der Waals surface area contributed by atoms with Crippen LogP contribution >= 0.6 is 0 Å². The van der Waals surface area contributed by atoms with E-state index in [1.807, 2.05) is 47.0 Å². The Bertz CT molecular complexity index is 965. The van der Waals surface area contributed by atoms with Gasteiger partial charge in [-0.2, -0.15) is 0 Å². The van der Waals surface area contributed by atoms with E-state index in [0.717, 1.165) is 16.9 Å². The van der Waals surface area contributed by atoms with Gasteiger partial charge in [-0.15, -0.1) is 0 Å². The molecule has 3 rings (SSSR count). The summed E-state index contributed by atoms with van der Waals surface area (Å²) in [7, 11) is 1.58. The number of carbonyl (C=O) groups excluding carboxylic acids is 2. The molecule has 140 valence electrons. The molecule has 7 nitrogen and oxygen atoms in total. The normalized spacial score (nSPS) is 10.6. The fourth-order valence-corrected chi connectivity index (χ4v) is 2.89. The number of fused-ring (bicyclic) bond motifs is 1. The number of anilines is 1. The topological polar surface area (TPSA) is 85.2 Å². The minimum atomic E-state index is -0.160. The van der Waals surface area contributed by atoms with Gasteiger partial charge in [-0.25, -0.2) is 4.98 Å². The molecule has 0 radical (unpaired) electrons. The lowest BCUT2D eigenvalue weighted by Crippen LogP contribution is -2.25. The average Bonchev–Trinajstić information content (AvgIpc) is 2.99. The number of aromatic nitrogens is 2. The van der Waals surface area contributed by atoms with Gasteiger partial charge >= 0.3 is 0 Å². The smallest absolute Gasteiger partial charge is 0.244 e. The summed E-state index contributed by atoms with van der Waals surface area (Å²) in [5, 5.41) is 5.65. The lowest BCUT2D eigenvalue weighted by atomic mass is 10.3. The van der Waals surface area contributed by atoms with Crippen LogP contribution in [0.3, 0.4) is 0 Å². The van der Waals surface area contributed by atoms with E-state index in [0.29, 0.717) is 24.4 Å². The molecule has 0 aliphatic carbocycles. The molecule has 2 N–H and O–H groups in total. The zero-order chi connectivity index (χ0) is 19.2. The van der Waals surface area contributed by atoms with Gasteiger partial charge in [0.2, 0.25) is 11.8 Å². The van der Waals surface area contributed by atoms with Gasteiger partial charge in [0.25, 0.3) is 0 Å². The number of methoxy groups -OCH3 is 1. The van der Waals surface area contributed by atoms with Crippen molar-refractivity contribution >= 4 is 28.5 Å². The molecule has 1 heterocycles. The van der Waals surface area contributed by atoms with Crippen LogP contribution in [0.15, 0.2) is 48.5 Å². The molecule has 0 bridgehead atoms. The zero-order valence-corrected chi connectivity index (χ0v) is 15.4. The van der Waals surface area contributed by atoms with Gasteiger partial charge in [-0.3, -0.25) is 9.59 Å². The van der Waals surface area contributed by atoms with Crippen LogP contribution in [0, 0.1) is 0 Å². The van der Waals surface area contributed by atoms with Gasteiger partial charge in [-0.1, -0.05) is 18.2 Å². The number of rotatable bonds is 7. The van der Waals surface area contributed by atoms with E-state index in [1.54, 1.807) is 13.2 Å².